The zero-order chi connectivity index (χ0) is 19.7. The van der Waals surface area contributed by atoms with Gasteiger partial charge in [-0.05, 0) is 6.07 Å². The van der Waals surface area contributed by atoms with Crippen LogP contribution in [0, 0.1) is 10.1 Å². The summed E-state index contributed by atoms with van der Waals surface area (Å²) in [6.07, 6.45) is -4.60. The monoisotopic (exact) mass is 379 g/mol. The maximum Gasteiger partial charge on any atom is 0.405 e. The molecule has 0 spiro atoms. The summed E-state index contributed by atoms with van der Waals surface area (Å²) in [5, 5.41) is 15.2. The van der Waals surface area contributed by atoms with Crippen molar-refractivity contribution in [3.63, 3.8) is 0 Å². The van der Waals surface area contributed by atoms with E-state index in [0.717, 1.165) is 12.1 Å². The summed E-state index contributed by atoms with van der Waals surface area (Å²) in [5.41, 5.74) is -0.442. The van der Waals surface area contributed by atoms with Crippen LogP contribution in [0.5, 0.6) is 0 Å². The third-order valence-corrected chi connectivity index (χ3v) is 2.88. The van der Waals surface area contributed by atoms with Crippen molar-refractivity contribution >= 4 is 23.3 Å². The number of hydrogen-bond donors (Lipinski definition) is 2. The summed E-state index contributed by atoms with van der Waals surface area (Å²) >= 11 is 0. The maximum absolute atomic E-state index is 12.1. The van der Waals surface area contributed by atoms with E-state index in [1.165, 1.54) is 18.5 Å². The molecule has 1 rings (SSSR count). The van der Waals surface area contributed by atoms with Crippen LogP contribution in [0.2, 0.25) is 0 Å². The van der Waals surface area contributed by atoms with Gasteiger partial charge < -0.3 is 20.1 Å². The van der Waals surface area contributed by atoms with Gasteiger partial charge in [-0.1, -0.05) is 0 Å². The lowest BCUT2D eigenvalue weighted by Crippen LogP contribution is -2.36. The van der Waals surface area contributed by atoms with E-state index in [1.54, 1.807) is 0 Å². The number of methoxy groups -OCH3 is 1. The average Bonchev–Trinajstić information content (AvgIpc) is 2.57. The number of nitrogens with zero attached hydrogens (tertiary/aromatic N) is 1. The van der Waals surface area contributed by atoms with Gasteiger partial charge in [-0.2, -0.15) is 13.2 Å². The molecular formula is C14H16F3N3O6. The molecule has 0 heterocycles. The minimum absolute atomic E-state index is 0.188. The van der Waals surface area contributed by atoms with Gasteiger partial charge in [-0.3, -0.25) is 14.9 Å². The second-order valence-corrected chi connectivity index (χ2v) is 4.87. The number of hydrogen-bond acceptors (Lipinski definition) is 7. The molecule has 0 fully saturated rings. The number of nitro benzene ring substituents is 1. The van der Waals surface area contributed by atoms with Crippen LogP contribution < -0.4 is 10.6 Å². The van der Waals surface area contributed by atoms with E-state index in [0.29, 0.717) is 0 Å². The third kappa shape index (κ3) is 7.34. The number of alkyl halides is 3. The normalized spacial score (nSPS) is 10.9. The van der Waals surface area contributed by atoms with Crippen molar-refractivity contribution in [1.29, 1.82) is 0 Å². The zero-order valence-corrected chi connectivity index (χ0v) is 13.6. The van der Waals surface area contributed by atoms with Crippen LogP contribution in [0.1, 0.15) is 10.4 Å². The van der Waals surface area contributed by atoms with Gasteiger partial charge in [0.15, 0.2) is 6.61 Å². The van der Waals surface area contributed by atoms with Crippen LogP contribution in [0.15, 0.2) is 18.2 Å². The fraction of sp³-hybridized carbons (Fsp3) is 0.429. The number of anilines is 1. The molecule has 0 saturated heterocycles. The summed E-state index contributed by atoms with van der Waals surface area (Å²) in [4.78, 5) is 33.4. The number of benzene rings is 1. The summed E-state index contributed by atoms with van der Waals surface area (Å²) in [7, 11) is 1.45. The molecule has 1 aromatic rings. The number of amides is 1. The Morgan fingerprint density at radius 3 is 2.58 bits per heavy atom. The topological polar surface area (TPSA) is 120 Å². The molecule has 9 nitrogen and oxygen atoms in total. The van der Waals surface area contributed by atoms with Gasteiger partial charge in [-0.15, -0.1) is 0 Å². The molecule has 26 heavy (non-hydrogen) atoms. The SMILES string of the molecule is COCCNc1ccc([N+](=O)[O-])cc1C(=O)OCC(=O)NCC(F)(F)F. The molecule has 0 saturated carbocycles. The predicted octanol–water partition coefficient (Wildman–Crippen LogP) is 1.49. The van der Waals surface area contributed by atoms with Crippen LogP contribution in [0.3, 0.4) is 0 Å². The first-order valence-electron chi connectivity index (χ1n) is 7.16. The van der Waals surface area contributed by atoms with Gasteiger partial charge in [0, 0.05) is 31.5 Å². The van der Waals surface area contributed by atoms with Gasteiger partial charge in [0.2, 0.25) is 0 Å². The van der Waals surface area contributed by atoms with Crippen molar-refractivity contribution in [2.45, 2.75) is 6.18 Å². The molecule has 1 aromatic carbocycles. The first kappa shape index (κ1) is 21.2. The molecule has 0 atom stereocenters. The van der Waals surface area contributed by atoms with Gasteiger partial charge in [0.1, 0.15) is 6.54 Å². The number of non-ortho nitro benzene ring substituents is 1. The molecule has 0 radical (unpaired) electrons. The van der Waals surface area contributed by atoms with Crippen molar-refractivity contribution in [3.05, 3.63) is 33.9 Å². The Balaban J connectivity index is 2.79. The molecule has 0 aliphatic rings. The smallest absolute Gasteiger partial charge is 0.405 e. The number of esters is 1. The van der Waals surface area contributed by atoms with E-state index in [-0.39, 0.29) is 24.4 Å². The molecular weight excluding hydrogens is 363 g/mol. The predicted molar refractivity (Wildman–Crippen MR) is 82.8 cm³/mol. The minimum atomic E-state index is -4.60. The maximum atomic E-state index is 12.1. The molecule has 0 unspecified atom stereocenters. The summed E-state index contributed by atoms with van der Waals surface area (Å²) in [6.45, 7) is -1.97. The van der Waals surface area contributed by atoms with Gasteiger partial charge in [0.25, 0.3) is 11.6 Å². The highest BCUT2D eigenvalue weighted by atomic mass is 19.4. The van der Waals surface area contributed by atoms with Crippen molar-refractivity contribution in [1.82, 2.24) is 5.32 Å². The molecule has 1 amide bonds. The number of nitro groups is 1. The van der Waals surface area contributed by atoms with Crippen LogP contribution >= 0.6 is 0 Å². The first-order chi connectivity index (χ1) is 12.1. The van der Waals surface area contributed by atoms with E-state index in [9.17, 15) is 32.9 Å². The first-order valence-corrected chi connectivity index (χ1v) is 7.16. The summed E-state index contributed by atoms with van der Waals surface area (Å²) < 4.78 is 45.4. The van der Waals surface area contributed by atoms with Gasteiger partial charge in [0.05, 0.1) is 17.1 Å². The Hall–Kier alpha value is -2.89. The second kappa shape index (κ2) is 9.56. The van der Waals surface area contributed by atoms with Gasteiger partial charge in [-0.25, -0.2) is 4.79 Å². The Labute approximate surface area is 145 Å². The highest BCUT2D eigenvalue weighted by molar-refractivity contribution is 5.97. The largest absolute Gasteiger partial charge is 0.452 e. The highest BCUT2D eigenvalue weighted by Crippen LogP contribution is 2.23. The molecule has 0 aromatic heterocycles. The summed E-state index contributed by atoms with van der Waals surface area (Å²) in [6, 6.07) is 3.36. The molecule has 12 heteroatoms. The lowest BCUT2D eigenvalue weighted by Gasteiger charge is -2.12. The van der Waals surface area contributed by atoms with E-state index < -0.39 is 41.8 Å². The minimum Gasteiger partial charge on any atom is -0.452 e. The molecule has 0 aliphatic heterocycles. The standard InChI is InChI=1S/C14H16F3N3O6/c1-25-5-4-18-11-3-2-9(20(23)24)6-10(11)13(22)26-7-12(21)19-8-14(15,16)17/h2-3,6,18H,4-5,7-8H2,1H3,(H,19,21). The van der Waals surface area contributed by atoms with Crippen molar-refractivity contribution < 1.29 is 37.2 Å². The Kier molecular flexibility index (Phi) is 7.77. The Morgan fingerprint density at radius 2 is 2.00 bits per heavy atom. The lowest BCUT2D eigenvalue weighted by atomic mass is 10.1. The van der Waals surface area contributed by atoms with Crippen LogP contribution in [0.25, 0.3) is 0 Å². The van der Waals surface area contributed by atoms with Crippen molar-refractivity contribution in [2.75, 3.05) is 38.7 Å². The van der Waals surface area contributed by atoms with Crippen LogP contribution in [0.4, 0.5) is 24.5 Å². The van der Waals surface area contributed by atoms with E-state index in [2.05, 4.69) is 10.1 Å². The summed E-state index contributed by atoms with van der Waals surface area (Å²) in [5.74, 6) is -2.26. The highest BCUT2D eigenvalue weighted by Gasteiger charge is 2.28. The number of ether oxygens (including phenoxy) is 2. The van der Waals surface area contributed by atoms with Crippen molar-refractivity contribution in [2.24, 2.45) is 0 Å². The van der Waals surface area contributed by atoms with Crippen molar-refractivity contribution in [3.8, 4) is 0 Å². The van der Waals surface area contributed by atoms with E-state index in [1.807, 2.05) is 0 Å². The molecule has 144 valence electrons. The van der Waals surface area contributed by atoms with E-state index >= 15 is 0 Å². The fourth-order valence-electron chi connectivity index (χ4n) is 1.72. The van der Waals surface area contributed by atoms with Crippen LogP contribution in [-0.2, 0) is 14.3 Å². The van der Waals surface area contributed by atoms with E-state index in [4.69, 9.17) is 4.74 Å². The van der Waals surface area contributed by atoms with Crippen LogP contribution in [-0.4, -0.2) is 56.4 Å². The Bertz CT molecular complexity index is 666. The molecule has 2 N–H and O–H groups in total. The molecule has 0 bridgehead atoms. The molecule has 0 aliphatic carbocycles. The Morgan fingerprint density at radius 1 is 1.31 bits per heavy atom. The number of nitrogens with one attached hydrogen (secondary N) is 2. The number of carbonyl (C=O) groups is 2. The zero-order valence-electron chi connectivity index (χ0n) is 13.6. The van der Waals surface area contributed by atoms with Gasteiger partial charge >= 0.3 is 12.1 Å². The lowest BCUT2D eigenvalue weighted by molar-refractivity contribution is -0.384. The quantitative estimate of drug-likeness (QED) is 0.289. The number of halogens is 3. The third-order valence-electron chi connectivity index (χ3n) is 2.88. The number of rotatable bonds is 9. The fourth-order valence-corrected chi connectivity index (χ4v) is 1.72. The average molecular weight is 379 g/mol. The number of carbonyl (C=O) groups excluding carboxylic acids is 2. The second-order valence-electron chi connectivity index (χ2n) is 4.87.